The van der Waals surface area contributed by atoms with Crippen molar-refractivity contribution in [2.75, 3.05) is 18.1 Å². The molecule has 1 unspecified atom stereocenters. The van der Waals surface area contributed by atoms with Crippen LogP contribution < -0.4 is 0 Å². The zero-order valence-corrected chi connectivity index (χ0v) is 13.4. The van der Waals surface area contributed by atoms with Crippen molar-refractivity contribution in [2.45, 2.75) is 19.4 Å². The van der Waals surface area contributed by atoms with E-state index in [1.54, 1.807) is 23.6 Å². The summed E-state index contributed by atoms with van der Waals surface area (Å²) >= 11 is 1.64. The Kier molecular flexibility index (Phi) is 4.30. The molecule has 7 heteroatoms. The Bertz CT molecular complexity index is 773. The lowest BCUT2D eigenvalue weighted by molar-refractivity contribution is -0.138. The number of furan rings is 1. The van der Waals surface area contributed by atoms with Crippen LogP contribution in [0, 0.1) is 12.7 Å². The summed E-state index contributed by atoms with van der Waals surface area (Å²) in [5.74, 6) is -0.141. The van der Waals surface area contributed by atoms with Crippen LogP contribution in [0.4, 0.5) is 4.39 Å². The highest BCUT2D eigenvalue weighted by atomic mass is 32.2. The van der Waals surface area contributed by atoms with Gasteiger partial charge < -0.3 is 14.4 Å². The van der Waals surface area contributed by atoms with Gasteiger partial charge in [-0.1, -0.05) is 0 Å². The van der Waals surface area contributed by atoms with Crippen LogP contribution in [-0.2, 0) is 4.79 Å². The number of carbonyl (C=O) groups is 2. The molecule has 3 rings (SSSR count). The zero-order valence-electron chi connectivity index (χ0n) is 12.5. The molecule has 23 heavy (non-hydrogen) atoms. The Hall–Kier alpha value is -2.02. The summed E-state index contributed by atoms with van der Waals surface area (Å²) in [6.07, 6.45) is -0.0906. The van der Waals surface area contributed by atoms with E-state index in [0.717, 1.165) is 5.75 Å². The summed E-state index contributed by atoms with van der Waals surface area (Å²) < 4.78 is 19.0. The predicted octanol–water partition coefficient (Wildman–Crippen LogP) is 2.91. The number of thioether (sulfide) groups is 1. The molecule has 1 atom stereocenters. The van der Waals surface area contributed by atoms with Gasteiger partial charge in [0.05, 0.1) is 12.5 Å². The minimum atomic E-state index is -0.932. The summed E-state index contributed by atoms with van der Waals surface area (Å²) in [5, 5.41) is 9.59. The largest absolute Gasteiger partial charge is 0.481 e. The summed E-state index contributed by atoms with van der Waals surface area (Å²) in [4.78, 5) is 25.4. The molecule has 1 aromatic heterocycles. The molecule has 1 amide bonds. The van der Waals surface area contributed by atoms with Crippen LogP contribution >= 0.6 is 11.8 Å². The van der Waals surface area contributed by atoms with Crippen molar-refractivity contribution in [3.63, 3.8) is 0 Å². The second kappa shape index (κ2) is 6.23. The molecule has 1 aliphatic rings. The molecule has 0 spiro atoms. The molecule has 1 saturated heterocycles. The second-order valence-corrected chi connectivity index (χ2v) is 6.67. The highest BCUT2D eigenvalue weighted by molar-refractivity contribution is 7.99. The van der Waals surface area contributed by atoms with Crippen LogP contribution in [0.1, 0.15) is 22.5 Å². The molecule has 0 bridgehead atoms. The lowest BCUT2D eigenvalue weighted by Crippen LogP contribution is -2.47. The van der Waals surface area contributed by atoms with Crippen LogP contribution in [0.3, 0.4) is 0 Å². The second-order valence-electron chi connectivity index (χ2n) is 5.52. The van der Waals surface area contributed by atoms with Crippen molar-refractivity contribution in [3.8, 4) is 0 Å². The van der Waals surface area contributed by atoms with E-state index >= 15 is 0 Å². The van der Waals surface area contributed by atoms with E-state index in [0.29, 0.717) is 28.8 Å². The third-order valence-electron chi connectivity index (χ3n) is 3.99. The molecular formula is C16H16FNO4S. The van der Waals surface area contributed by atoms with Gasteiger partial charge in [-0.25, -0.2) is 4.39 Å². The lowest BCUT2D eigenvalue weighted by atomic mass is 10.1. The number of hydrogen-bond acceptors (Lipinski definition) is 4. The number of nitrogens with zero attached hydrogens (tertiary/aromatic N) is 1. The van der Waals surface area contributed by atoms with Crippen LogP contribution in [0.2, 0.25) is 0 Å². The molecule has 0 saturated carbocycles. The van der Waals surface area contributed by atoms with Gasteiger partial charge in [0.25, 0.3) is 5.91 Å². The van der Waals surface area contributed by atoms with E-state index in [-0.39, 0.29) is 24.1 Å². The molecule has 1 aromatic carbocycles. The topological polar surface area (TPSA) is 70.8 Å². The average molecular weight is 337 g/mol. The number of rotatable bonds is 3. The Morgan fingerprint density at radius 3 is 3.00 bits per heavy atom. The third kappa shape index (κ3) is 3.06. The first-order valence-corrected chi connectivity index (χ1v) is 8.42. The number of fused-ring (bicyclic) bond motifs is 1. The average Bonchev–Trinajstić information content (AvgIpc) is 2.83. The van der Waals surface area contributed by atoms with Gasteiger partial charge in [-0.2, -0.15) is 11.8 Å². The van der Waals surface area contributed by atoms with Gasteiger partial charge in [0, 0.05) is 29.0 Å². The predicted molar refractivity (Wildman–Crippen MR) is 85.3 cm³/mol. The van der Waals surface area contributed by atoms with Crippen molar-refractivity contribution in [1.29, 1.82) is 0 Å². The Balaban J connectivity index is 1.95. The minimum Gasteiger partial charge on any atom is -0.481 e. The maximum absolute atomic E-state index is 13.4. The number of aliphatic carboxylic acids is 1. The van der Waals surface area contributed by atoms with Crippen LogP contribution in [0.5, 0.6) is 0 Å². The summed E-state index contributed by atoms with van der Waals surface area (Å²) in [6, 6.07) is 3.76. The van der Waals surface area contributed by atoms with Gasteiger partial charge in [-0.3, -0.25) is 9.59 Å². The number of carboxylic acid groups (broad SMARTS) is 1. The van der Waals surface area contributed by atoms with Crippen molar-refractivity contribution in [1.82, 2.24) is 4.90 Å². The Labute approximate surface area is 136 Å². The fourth-order valence-electron chi connectivity index (χ4n) is 2.82. The lowest BCUT2D eigenvalue weighted by Gasteiger charge is -2.34. The quantitative estimate of drug-likeness (QED) is 0.932. The van der Waals surface area contributed by atoms with E-state index in [4.69, 9.17) is 9.52 Å². The van der Waals surface area contributed by atoms with Crippen molar-refractivity contribution in [2.24, 2.45) is 0 Å². The Morgan fingerprint density at radius 1 is 1.48 bits per heavy atom. The number of amides is 1. The summed E-state index contributed by atoms with van der Waals surface area (Å²) in [5.41, 5.74) is 1.03. The first-order valence-electron chi connectivity index (χ1n) is 7.26. The monoisotopic (exact) mass is 337 g/mol. The van der Waals surface area contributed by atoms with Crippen molar-refractivity contribution < 1.29 is 23.5 Å². The molecule has 0 aliphatic carbocycles. The molecule has 0 radical (unpaired) electrons. The van der Waals surface area contributed by atoms with Crippen LogP contribution in [0.25, 0.3) is 11.0 Å². The molecule has 2 aromatic rings. The third-order valence-corrected chi connectivity index (χ3v) is 5.08. The standard InChI is InChI=1S/C16H16FNO4S/c1-9-12-6-10(17)2-3-13(12)22-15(9)16(21)18-4-5-23-8-11(18)7-14(19)20/h2-3,6,11H,4-5,7-8H2,1H3,(H,19,20). The van der Waals surface area contributed by atoms with E-state index < -0.39 is 11.8 Å². The first kappa shape index (κ1) is 15.9. The number of carboxylic acids is 1. The van der Waals surface area contributed by atoms with Crippen LogP contribution in [0.15, 0.2) is 22.6 Å². The highest BCUT2D eigenvalue weighted by Crippen LogP contribution is 2.29. The van der Waals surface area contributed by atoms with E-state index in [2.05, 4.69) is 0 Å². The van der Waals surface area contributed by atoms with E-state index in [9.17, 15) is 14.0 Å². The van der Waals surface area contributed by atoms with Crippen molar-refractivity contribution >= 4 is 34.6 Å². The highest BCUT2D eigenvalue weighted by Gasteiger charge is 2.32. The van der Waals surface area contributed by atoms with Gasteiger partial charge in [-0.05, 0) is 25.1 Å². The molecule has 1 aliphatic heterocycles. The molecule has 122 valence electrons. The Morgan fingerprint density at radius 2 is 2.26 bits per heavy atom. The fourth-order valence-corrected chi connectivity index (χ4v) is 3.88. The number of aryl methyl sites for hydroxylation is 1. The van der Waals surface area contributed by atoms with Gasteiger partial charge in [0.15, 0.2) is 5.76 Å². The smallest absolute Gasteiger partial charge is 0.305 e. The van der Waals surface area contributed by atoms with Gasteiger partial charge in [0.2, 0.25) is 0 Å². The fraction of sp³-hybridized carbons (Fsp3) is 0.375. The van der Waals surface area contributed by atoms with Gasteiger partial charge in [-0.15, -0.1) is 0 Å². The normalized spacial score (nSPS) is 18.3. The maximum atomic E-state index is 13.4. The molecule has 5 nitrogen and oxygen atoms in total. The summed E-state index contributed by atoms with van der Waals surface area (Å²) in [7, 11) is 0. The SMILES string of the molecule is Cc1c(C(=O)N2CCSCC2CC(=O)O)oc2ccc(F)cc12. The summed E-state index contributed by atoms with van der Waals surface area (Å²) in [6.45, 7) is 2.19. The molecule has 1 N–H and O–H groups in total. The van der Waals surface area contributed by atoms with Crippen LogP contribution in [-0.4, -0.2) is 46.0 Å². The molecule has 1 fully saturated rings. The molecular weight excluding hydrogens is 321 g/mol. The number of halogens is 1. The zero-order chi connectivity index (χ0) is 16.6. The van der Waals surface area contributed by atoms with Crippen molar-refractivity contribution in [3.05, 3.63) is 35.3 Å². The minimum absolute atomic E-state index is 0.0906. The van der Waals surface area contributed by atoms with Gasteiger partial charge >= 0.3 is 5.97 Å². The maximum Gasteiger partial charge on any atom is 0.305 e. The number of hydrogen-bond donors (Lipinski definition) is 1. The van der Waals surface area contributed by atoms with Gasteiger partial charge in [0.1, 0.15) is 11.4 Å². The van der Waals surface area contributed by atoms with E-state index in [1.807, 2.05) is 0 Å². The molecule has 2 heterocycles. The number of carbonyl (C=O) groups excluding carboxylic acids is 1. The first-order chi connectivity index (χ1) is 11.0. The van der Waals surface area contributed by atoms with E-state index in [1.165, 1.54) is 18.2 Å². The number of benzene rings is 1.